The van der Waals surface area contributed by atoms with Crippen molar-refractivity contribution >= 4 is 28.6 Å². The summed E-state index contributed by atoms with van der Waals surface area (Å²) in [5.41, 5.74) is 1.92. The van der Waals surface area contributed by atoms with Gasteiger partial charge >= 0.3 is 5.97 Å². The second-order valence-corrected chi connectivity index (χ2v) is 4.65. The fourth-order valence-corrected chi connectivity index (χ4v) is 2.22. The van der Waals surface area contributed by atoms with Crippen molar-refractivity contribution < 1.29 is 15.0 Å². The summed E-state index contributed by atoms with van der Waals surface area (Å²) in [5.74, 6) is -0.446. The van der Waals surface area contributed by atoms with E-state index in [9.17, 15) is 9.90 Å². The van der Waals surface area contributed by atoms with Crippen molar-refractivity contribution in [2.24, 2.45) is 0 Å². The van der Waals surface area contributed by atoms with Crippen molar-refractivity contribution in [1.29, 1.82) is 0 Å². The van der Waals surface area contributed by atoms with Crippen molar-refractivity contribution in [3.8, 4) is 5.75 Å². The molecule has 0 saturated heterocycles. The fraction of sp³-hybridized carbons (Fsp3) is 0.364. The monoisotopic (exact) mass is 320 g/mol. The molecule has 0 saturated carbocycles. The molecule has 0 spiro atoms. The Bertz CT molecular complexity index is 351. The molecule has 0 atom stereocenters. The van der Waals surface area contributed by atoms with Crippen LogP contribution < -0.4 is 0 Å². The standard InChI is InChI=1S/C11H13IO3/c1-7-5-8(3-2-4-10(13)14)6-9(12)11(7)15/h5-6,15H,2-4H2,1H3,(H,13,14). The van der Waals surface area contributed by atoms with Gasteiger partial charge in [-0.05, 0) is 59.5 Å². The summed E-state index contributed by atoms with van der Waals surface area (Å²) in [6.07, 6.45) is 1.57. The van der Waals surface area contributed by atoms with Crippen LogP contribution in [0.5, 0.6) is 5.75 Å². The van der Waals surface area contributed by atoms with Gasteiger partial charge in [-0.1, -0.05) is 6.07 Å². The Hall–Kier alpha value is -0.780. The molecule has 2 N–H and O–H groups in total. The van der Waals surface area contributed by atoms with E-state index >= 15 is 0 Å². The zero-order chi connectivity index (χ0) is 11.4. The minimum Gasteiger partial charge on any atom is -0.507 e. The number of phenolic OH excluding ortho intramolecular Hbond substituents is 1. The number of carbonyl (C=O) groups is 1. The molecule has 0 bridgehead atoms. The highest BCUT2D eigenvalue weighted by Gasteiger charge is 2.05. The molecule has 15 heavy (non-hydrogen) atoms. The highest BCUT2D eigenvalue weighted by molar-refractivity contribution is 14.1. The van der Waals surface area contributed by atoms with E-state index in [4.69, 9.17) is 5.11 Å². The zero-order valence-corrected chi connectivity index (χ0v) is 10.6. The van der Waals surface area contributed by atoms with Crippen LogP contribution in [0.2, 0.25) is 0 Å². The summed E-state index contributed by atoms with van der Waals surface area (Å²) in [5, 5.41) is 18.0. The van der Waals surface area contributed by atoms with Gasteiger partial charge in [0.15, 0.2) is 0 Å². The number of hydrogen-bond donors (Lipinski definition) is 2. The Kier molecular flexibility index (Phi) is 4.38. The number of rotatable bonds is 4. The smallest absolute Gasteiger partial charge is 0.303 e. The summed E-state index contributed by atoms with van der Waals surface area (Å²) in [6.45, 7) is 1.85. The Morgan fingerprint density at radius 1 is 1.47 bits per heavy atom. The van der Waals surface area contributed by atoms with E-state index in [0.29, 0.717) is 12.2 Å². The van der Waals surface area contributed by atoms with Crippen LogP contribution in [0.4, 0.5) is 0 Å². The highest BCUT2D eigenvalue weighted by Crippen LogP contribution is 2.25. The SMILES string of the molecule is Cc1cc(CCCC(=O)O)cc(I)c1O. The van der Waals surface area contributed by atoms with Crippen LogP contribution >= 0.6 is 22.6 Å². The Labute approximate surface area is 102 Å². The first-order valence-corrected chi connectivity index (χ1v) is 5.78. The molecule has 0 unspecified atom stereocenters. The molecule has 0 amide bonds. The van der Waals surface area contributed by atoms with Gasteiger partial charge in [-0.25, -0.2) is 0 Å². The lowest BCUT2D eigenvalue weighted by Gasteiger charge is -2.06. The maximum Gasteiger partial charge on any atom is 0.303 e. The zero-order valence-electron chi connectivity index (χ0n) is 8.46. The summed E-state index contributed by atoms with van der Waals surface area (Å²) in [4.78, 5) is 10.3. The predicted octanol–water partition coefficient (Wildman–Crippen LogP) is 2.71. The molecule has 0 radical (unpaired) electrons. The Balaban J connectivity index is 2.66. The lowest BCUT2D eigenvalue weighted by molar-refractivity contribution is -0.137. The Morgan fingerprint density at radius 2 is 2.13 bits per heavy atom. The van der Waals surface area contributed by atoms with E-state index in [1.165, 1.54) is 0 Å². The van der Waals surface area contributed by atoms with E-state index in [2.05, 4.69) is 22.6 Å². The molecule has 1 aromatic carbocycles. The fourth-order valence-electron chi connectivity index (χ4n) is 1.40. The number of phenols is 1. The molecule has 0 heterocycles. The van der Waals surface area contributed by atoms with Crippen molar-refractivity contribution in [1.82, 2.24) is 0 Å². The van der Waals surface area contributed by atoms with Gasteiger partial charge < -0.3 is 10.2 Å². The highest BCUT2D eigenvalue weighted by atomic mass is 127. The number of aryl methyl sites for hydroxylation is 2. The van der Waals surface area contributed by atoms with Crippen molar-refractivity contribution in [3.63, 3.8) is 0 Å². The average Bonchev–Trinajstić information content (AvgIpc) is 2.13. The third kappa shape index (κ3) is 3.70. The topological polar surface area (TPSA) is 57.5 Å². The largest absolute Gasteiger partial charge is 0.507 e. The molecular weight excluding hydrogens is 307 g/mol. The van der Waals surface area contributed by atoms with Gasteiger partial charge in [0, 0.05) is 6.42 Å². The summed E-state index contributed by atoms with van der Waals surface area (Å²) >= 11 is 2.07. The van der Waals surface area contributed by atoms with Crippen LogP contribution in [0.1, 0.15) is 24.0 Å². The molecule has 4 heteroatoms. The number of carboxylic acids is 1. The lowest BCUT2D eigenvalue weighted by atomic mass is 10.1. The molecular formula is C11H13IO3. The van der Waals surface area contributed by atoms with Gasteiger partial charge in [0.05, 0.1) is 3.57 Å². The minimum atomic E-state index is -0.764. The first kappa shape index (κ1) is 12.3. The van der Waals surface area contributed by atoms with Crippen molar-refractivity contribution in [3.05, 3.63) is 26.8 Å². The maximum absolute atomic E-state index is 10.3. The Morgan fingerprint density at radius 3 is 2.67 bits per heavy atom. The van der Waals surface area contributed by atoms with Gasteiger partial charge in [-0.2, -0.15) is 0 Å². The van der Waals surface area contributed by atoms with Crippen LogP contribution in [0.15, 0.2) is 12.1 Å². The second-order valence-electron chi connectivity index (χ2n) is 3.49. The first-order chi connectivity index (χ1) is 7.00. The van der Waals surface area contributed by atoms with Gasteiger partial charge in [-0.3, -0.25) is 4.79 Å². The molecule has 3 nitrogen and oxygen atoms in total. The second kappa shape index (κ2) is 5.34. The molecule has 82 valence electrons. The number of hydrogen-bond acceptors (Lipinski definition) is 2. The number of aliphatic carboxylic acids is 1. The van der Waals surface area contributed by atoms with Gasteiger partial charge in [0.2, 0.25) is 0 Å². The molecule has 0 aliphatic rings. The maximum atomic E-state index is 10.3. The van der Waals surface area contributed by atoms with Crippen LogP contribution in [0.3, 0.4) is 0 Å². The molecule has 0 fully saturated rings. The van der Waals surface area contributed by atoms with Crippen LogP contribution in [0.25, 0.3) is 0 Å². The number of halogens is 1. The van der Waals surface area contributed by atoms with E-state index < -0.39 is 5.97 Å². The predicted molar refractivity (Wildman–Crippen MR) is 66.1 cm³/mol. The number of aromatic hydroxyl groups is 1. The summed E-state index contributed by atoms with van der Waals surface area (Å²) in [6, 6.07) is 3.80. The number of benzene rings is 1. The average molecular weight is 320 g/mol. The molecule has 1 rings (SSSR count). The van der Waals surface area contributed by atoms with E-state index in [1.54, 1.807) is 0 Å². The normalized spacial score (nSPS) is 10.3. The number of carboxylic acid groups (broad SMARTS) is 1. The minimum absolute atomic E-state index is 0.191. The third-order valence-corrected chi connectivity index (χ3v) is 2.99. The van der Waals surface area contributed by atoms with Gasteiger partial charge in [0.1, 0.15) is 5.75 Å². The summed E-state index contributed by atoms with van der Waals surface area (Å²) in [7, 11) is 0. The van der Waals surface area contributed by atoms with E-state index in [-0.39, 0.29) is 6.42 Å². The quantitative estimate of drug-likeness (QED) is 0.839. The lowest BCUT2D eigenvalue weighted by Crippen LogP contribution is -1.96. The molecule has 0 aromatic heterocycles. The van der Waals surface area contributed by atoms with Gasteiger partial charge in [-0.15, -0.1) is 0 Å². The van der Waals surface area contributed by atoms with Crippen molar-refractivity contribution in [2.45, 2.75) is 26.2 Å². The molecule has 1 aromatic rings. The van der Waals surface area contributed by atoms with Crippen molar-refractivity contribution in [2.75, 3.05) is 0 Å². The summed E-state index contributed by atoms with van der Waals surface area (Å²) < 4.78 is 0.818. The van der Waals surface area contributed by atoms with Gasteiger partial charge in [0.25, 0.3) is 0 Å². The third-order valence-electron chi connectivity index (χ3n) is 2.17. The first-order valence-electron chi connectivity index (χ1n) is 4.70. The molecule has 0 aliphatic heterocycles. The molecule has 0 aliphatic carbocycles. The van der Waals surface area contributed by atoms with E-state index in [1.807, 2.05) is 19.1 Å². The van der Waals surface area contributed by atoms with Crippen LogP contribution in [-0.2, 0) is 11.2 Å². The van der Waals surface area contributed by atoms with Crippen LogP contribution in [0, 0.1) is 10.5 Å². The van der Waals surface area contributed by atoms with E-state index in [0.717, 1.165) is 21.1 Å². The van der Waals surface area contributed by atoms with Crippen LogP contribution in [-0.4, -0.2) is 16.2 Å².